The Morgan fingerprint density at radius 1 is 1.19 bits per heavy atom. The fraction of sp³-hybridized carbons (Fsp3) is 0.526. The Balaban J connectivity index is 1.79. The van der Waals surface area contributed by atoms with Crippen molar-refractivity contribution in [1.82, 2.24) is 15.5 Å². The summed E-state index contributed by atoms with van der Waals surface area (Å²) in [6.45, 7) is 5.88. The first-order valence-electron chi connectivity index (χ1n) is 9.12. The molecule has 1 fully saturated rings. The molecule has 2 rings (SSSR count). The number of carbonyl (C=O) groups excluding carboxylic acids is 2. The summed E-state index contributed by atoms with van der Waals surface area (Å²) in [7, 11) is 0. The van der Waals surface area contributed by atoms with Crippen LogP contribution in [0.2, 0.25) is 0 Å². The highest BCUT2D eigenvalue weighted by atomic mass is 16.4. The molecule has 0 spiro atoms. The first-order chi connectivity index (χ1) is 12.7. The first-order valence-corrected chi connectivity index (χ1v) is 9.12. The standard InChI is InChI=1S/C19H28N4O4/c1-4-23(12-16(24)25)15-10-14(11-15)20-17(26)19(2,3)22-18(27)21-13-8-6-5-7-9-13/h5-9,14-15H,4,10-12H2,1-3H3,(H,20,26)(H,24,25)(H2,21,22,27). The van der Waals surface area contributed by atoms with Gasteiger partial charge in [0.15, 0.2) is 0 Å². The lowest BCUT2D eigenvalue weighted by Crippen LogP contribution is -2.61. The normalized spacial score (nSPS) is 19.1. The van der Waals surface area contributed by atoms with Crippen LogP contribution in [0.1, 0.15) is 33.6 Å². The van der Waals surface area contributed by atoms with Gasteiger partial charge in [0.2, 0.25) is 5.91 Å². The highest BCUT2D eigenvalue weighted by Gasteiger charge is 2.38. The van der Waals surface area contributed by atoms with Gasteiger partial charge >= 0.3 is 12.0 Å². The predicted octanol–water partition coefficient (Wildman–Crippen LogP) is 1.64. The number of carbonyl (C=O) groups is 3. The molecule has 0 aliphatic heterocycles. The summed E-state index contributed by atoms with van der Waals surface area (Å²) in [6.07, 6.45) is 1.41. The number of benzene rings is 1. The van der Waals surface area contributed by atoms with Crippen molar-refractivity contribution in [2.75, 3.05) is 18.4 Å². The molecular formula is C19H28N4O4. The third kappa shape index (κ3) is 5.96. The fourth-order valence-electron chi connectivity index (χ4n) is 3.07. The van der Waals surface area contributed by atoms with Crippen molar-refractivity contribution in [3.8, 4) is 0 Å². The molecule has 148 valence electrons. The van der Waals surface area contributed by atoms with Gasteiger partial charge in [-0.3, -0.25) is 14.5 Å². The van der Waals surface area contributed by atoms with E-state index < -0.39 is 17.5 Å². The van der Waals surface area contributed by atoms with Crippen molar-refractivity contribution >= 4 is 23.6 Å². The number of hydrogen-bond acceptors (Lipinski definition) is 4. The van der Waals surface area contributed by atoms with Crippen LogP contribution in [0.4, 0.5) is 10.5 Å². The number of amides is 3. The molecule has 4 N–H and O–H groups in total. The Kier molecular flexibility index (Phi) is 6.79. The maximum absolute atomic E-state index is 12.5. The molecule has 1 aliphatic carbocycles. The number of carboxylic acid groups (broad SMARTS) is 1. The maximum atomic E-state index is 12.5. The second-order valence-corrected chi connectivity index (χ2v) is 7.32. The quantitative estimate of drug-likeness (QED) is 0.551. The van der Waals surface area contributed by atoms with E-state index in [9.17, 15) is 14.4 Å². The third-order valence-electron chi connectivity index (χ3n) is 4.73. The van der Waals surface area contributed by atoms with Gasteiger partial charge in [-0.15, -0.1) is 0 Å². The van der Waals surface area contributed by atoms with Gasteiger partial charge in [-0.2, -0.15) is 0 Å². The van der Waals surface area contributed by atoms with Gasteiger partial charge in [-0.25, -0.2) is 4.79 Å². The molecule has 0 atom stereocenters. The van der Waals surface area contributed by atoms with Crippen LogP contribution in [-0.4, -0.2) is 58.6 Å². The molecular weight excluding hydrogens is 348 g/mol. The molecule has 0 saturated heterocycles. The van der Waals surface area contributed by atoms with Gasteiger partial charge in [0.05, 0.1) is 6.54 Å². The number of carboxylic acids is 1. The number of anilines is 1. The largest absolute Gasteiger partial charge is 0.480 e. The zero-order valence-electron chi connectivity index (χ0n) is 16.0. The van der Waals surface area contributed by atoms with Gasteiger partial charge in [0.25, 0.3) is 0 Å². The van der Waals surface area contributed by atoms with Crippen LogP contribution in [0.15, 0.2) is 30.3 Å². The number of nitrogens with zero attached hydrogens (tertiary/aromatic N) is 1. The number of hydrogen-bond donors (Lipinski definition) is 4. The highest BCUT2D eigenvalue weighted by molar-refractivity contribution is 5.95. The average Bonchev–Trinajstić information content (AvgIpc) is 2.55. The van der Waals surface area contributed by atoms with E-state index >= 15 is 0 Å². The highest BCUT2D eigenvalue weighted by Crippen LogP contribution is 2.26. The topological polar surface area (TPSA) is 111 Å². The van der Waals surface area contributed by atoms with Gasteiger partial charge in [-0.1, -0.05) is 25.1 Å². The number of urea groups is 1. The second kappa shape index (κ2) is 8.85. The lowest BCUT2D eigenvalue weighted by Gasteiger charge is -2.43. The Labute approximate surface area is 159 Å². The number of nitrogens with one attached hydrogen (secondary N) is 3. The van der Waals surface area contributed by atoms with Crippen molar-refractivity contribution in [1.29, 1.82) is 0 Å². The van der Waals surface area contributed by atoms with E-state index in [1.807, 2.05) is 30.0 Å². The van der Waals surface area contributed by atoms with E-state index in [2.05, 4.69) is 16.0 Å². The van der Waals surface area contributed by atoms with Crippen molar-refractivity contribution in [3.05, 3.63) is 30.3 Å². The molecule has 0 bridgehead atoms. The molecule has 1 aliphatic rings. The predicted molar refractivity (Wildman–Crippen MR) is 103 cm³/mol. The summed E-state index contributed by atoms with van der Waals surface area (Å²) in [5.74, 6) is -1.12. The Morgan fingerprint density at radius 2 is 1.81 bits per heavy atom. The van der Waals surface area contributed by atoms with E-state index in [1.54, 1.807) is 26.0 Å². The Morgan fingerprint density at radius 3 is 2.37 bits per heavy atom. The molecule has 0 radical (unpaired) electrons. The van der Waals surface area contributed by atoms with Crippen LogP contribution >= 0.6 is 0 Å². The molecule has 0 heterocycles. The zero-order chi connectivity index (χ0) is 20.0. The first kappa shape index (κ1) is 20.7. The minimum Gasteiger partial charge on any atom is -0.480 e. The molecule has 0 unspecified atom stereocenters. The van der Waals surface area contributed by atoms with Gasteiger partial charge < -0.3 is 21.1 Å². The maximum Gasteiger partial charge on any atom is 0.320 e. The lowest BCUT2D eigenvalue weighted by molar-refractivity contribution is -0.140. The average molecular weight is 376 g/mol. The number of para-hydroxylation sites is 1. The summed E-state index contributed by atoms with van der Waals surface area (Å²) in [5, 5.41) is 17.2. The summed E-state index contributed by atoms with van der Waals surface area (Å²) in [6, 6.07) is 8.69. The van der Waals surface area contributed by atoms with Gasteiger partial charge in [0, 0.05) is 17.8 Å². The third-order valence-corrected chi connectivity index (χ3v) is 4.73. The summed E-state index contributed by atoms with van der Waals surface area (Å²) >= 11 is 0. The number of likely N-dealkylation sites (N-methyl/N-ethyl adjacent to an activating group) is 1. The minimum absolute atomic E-state index is 0.00847. The smallest absolute Gasteiger partial charge is 0.320 e. The Bertz CT molecular complexity index is 672. The molecule has 1 saturated carbocycles. The lowest BCUT2D eigenvalue weighted by atomic mass is 9.84. The molecule has 1 aromatic carbocycles. The van der Waals surface area contributed by atoms with E-state index in [-0.39, 0.29) is 24.5 Å². The van der Waals surface area contributed by atoms with Gasteiger partial charge in [-0.05, 0) is 45.4 Å². The van der Waals surface area contributed by atoms with E-state index in [1.165, 1.54) is 0 Å². The van der Waals surface area contributed by atoms with Gasteiger partial charge in [0.1, 0.15) is 5.54 Å². The van der Waals surface area contributed by atoms with Crippen molar-refractivity contribution in [2.45, 2.75) is 51.2 Å². The van der Waals surface area contributed by atoms with E-state index in [4.69, 9.17) is 5.11 Å². The number of aliphatic carboxylic acids is 1. The molecule has 8 heteroatoms. The van der Waals surface area contributed by atoms with Crippen LogP contribution in [0.3, 0.4) is 0 Å². The van der Waals surface area contributed by atoms with Crippen LogP contribution in [0.25, 0.3) is 0 Å². The van der Waals surface area contributed by atoms with Crippen molar-refractivity contribution in [2.24, 2.45) is 0 Å². The molecule has 0 aromatic heterocycles. The fourth-order valence-corrected chi connectivity index (χ4v) is 3.07. The summed E-state index contributed by atoms with van der Waals surface area (Å²) in [5.41, 5.74) is -0.429. The second-order valence-electron chi connectivity index (χ2n) is 7.32. The minimum atomic E-state index is -1.07. The molecule has 3 amide bonds. The SMILES string of the molecule is CCN(CC(=O)O)C1CC(NC(=O)C(C)(C)NC(=O)Nc2ccccc2)C1. The van der Waals surface area contributed by atoms with E-state index in [0.29, 0.717) is 25.1 Å². The monoisotopic (exact) mass is 376 g/mol. The number of rotatable bonds is 8. The van der Waals surface area contributed by atoms with Crippen molar-refractivity contribution in [3.63, 3.8) is 0 Å². The van der Waals surface area contributed by atoms with E-state index in [0.717, 1.165) is 0 Å². The van der Waals surface area contributed by atoms with Crippen LogP contribution < -0.4 is 16.0 Å². The van der Waals surface area contributed by atoms with Crippen LogP contribution in [0.5, 0.6) is 0 Å². The molecule has 1 aromatic rings. The summed E-state index contributed by atoms with van der Waals surface area (Å²) < 4.78 is 0. The molecule has 8 nitrogen and oxygen atoms in total. The molecule has 27 heavy (non-hydrogen) atoms. The van der Waals surface area contributed by atoms with Crippen LogP contribution in [-0.2, 0) is 9.59 Å². The summed E-state index contributed by atoms with van der Waals surface area (Å²) in [4.78, 5) is 37.4. The zero-order valence-corrected chi connectivity index (χ0v) is 16.0. The van der Waals surface area contributed by atoms with Crippen LogP contribution in [0, 0.1) is 0 Å². The van der Waals surface area contributed by atoms with Crippen molar-refractivity contribution < 1.29 is 19.5 Å². The Hall–Kier alpha value is -2.61.